The Morgan fingerprint density at radius 2 is 0.827 bits per heavy atom. The fraction of sp³-hybridized carbons (Fsp3) is 0.183. The molecule has 2 saturated heterocycles. The Bertz CT molecular complexity index is 3920. The van der Waals surface area contributed by atoms with Crippen molar-refractivity contribution < 1.29 is 0 Å². The van der Waals surface area contributed by atoms with Crippen LogP contribution in [0.15, 0.2) is 206 Å². The number of hydrogen-bond acceptors (Lipinski definition) is 2. The van der Waals surface area contributed by atoms with Gasteiger partial charge in [0.15, 0.2) is 0 Å². The van der Waals surface area contributed by atoms with Crippen LogP contribution in [0.5, 0.6) is 0 Å². The molecule has 10 aromatic carbocycles. The first-order valence-electron chi connectivity index (χ1n) is 28.1. The van der Waals surface area contributed by atoms with E-state index < -0.39 is 16.1 Å². The van der Waals surface area contributed by atoms with Crippen molar-refractivity contribution in [3.63, 3.8) is 0 Å². The van der Waals surface area contributed by atoms with E-state index in [1.165, 1.54) is 176 Å². The molecule has 16 rings (SSSR count). The van der Waals surface area contributed by atoms with Crippen molar-refractivity contribution in [1.82, 2.24) is 0 Å². The Labute approximate surface area is 443 Å². The van der Waals surface area contributed by atoms with Crippen LogP contribution in [0.2, 0.25) is 24.2 Å². The number of benzene rings is 10. The van der Waals surface area contributed by atoms with Crippen LogP contribution >= 0.6 is 0 Å². The largest absolute Gasteiger partial charge is 0.311 e. The number of para-hydroxylation sites is 4. The first-order chi connectivity index (χ1) is 37.1. The molecule has 0 aromatic heterocycles. The maximum atomic E-state index is 2.63. The van der Waals surface area contributed by atoms with Crippen molar-refractivity contribution in [3.8, 4) is 22.3 Å². The molecular formula is C71H60N2Si2. The summed E-state index contributed by atoms with van der Waals surface area (Å²) < 4.78 is 0. The molecule has 0 amide bonds. The Hall–Kier alpha value is -7.51. The molecule has 2 aliphatic carbocycles. The molecule has 0 unspecified atom stereocenters. The lowest BCUT2D eigenvalue weighted by Crippen LogP contribution is -2.60. The van der Waals surface area contributed by atoms with E-state index in [2.05, 4.69) is 228 Å². The lowest BCUT2D eigenvalue weighted by molar-refractivity contribution is 0.550. The minimum Gasteiger partial charge on any atom is -0.311 e. The van der Waals surface area contributed by atoms with Gasteiger partial charge in [0.25, 0.3) is 0 Å². The molecule has 0 bridgehead atoms. The van der Waals surface area contributed by atoms with Gasteiger partial charge in [-0.2, -0.15) is 0 Å². The maximum absolute atomic E-state index is 2.63. The van der Waals surface area contributed by atoms with Crippen LogP contribution < -0.4 is 30.5 Å². The second-order valence-electron chi connectivity index (χ2n) is 23.0. The lowest BCUT2D eigenvalue weighted by atomic mass is 9.76. The molecule has 0 N–H and O–H groups in total. The maximum Gasteiger partial charge on any atom is 0.123 e. The lowest BCUT2D eigenvalue weighted by Gasteiger charge is -2.43. The minimum absolute atomic E-state index is 0.0425. The summed E-state index contributed by atoms with van der Waals surface area (Å²) >= 11 is 0. The van der Waals surface area contributed by atoms with E-state index in [1.807, 2.05) is 0 Å². The van der Waals surface area contributed by atoms with Crippen LogP contribution in [-0.4, -0.2) is 16.1 Å². The van der Waals surface area contributed by atoms with Gasteiger partial charge in [0.05, 0.1) is 0 Å². The molecule has 3 fully saturated rings. The van der Waals surface area contributed by atoms with Crippen LogP contribution in [-0.2, 0) is 5.41 Å². The number of nitrogens with zero attached hydrogens (tertiary/aromatic N) is 2. The van der Waals surface area contributed by atoms with Crippen LogP contribution in [0.1, 0.15) is 73.6 Å². The van der Waals surface area contributed by atoms with Crippen molar-refractivity contribution in [1.29, 1.82) is 0 Å². The standard InChI is InChI=1S/C71H60N2Si2/c1-2-18-58-56(17-1)50(33-37-57(58)53-31-30-52-47-54(34-32-51(52)46-53)72-63-19-3-7-23-67(63)74(41-13-14-42-74)68-24-8-4-20-64(68)72)29-27-49-28-36-59-60-38-35-55(48-62(60)71(61(59)45-49)39-11-12-40-71)73-65-21-5-9-25-69(65)75(43-15-16-44-75)70-26-10-6-22-66(70)73/h1-10,17-38,45-48H,11-16,39-44H2. The van der Waals surface area contributed by atoms with Gasteiger partial charge in [-0.05, 0) is 178 Å². The predicted molar refractivity (Wildman–Crippen MR) is 324 cm³/mol. The summed E-state index contributed by atoms with van der Waals surface area (Å²) in [6, 6.07) is 85.8. The molecule has 4 heteroatoms. The average molecular weight is 997 g/mol. The Kier molecular flexibility index (Phi) is 9.79. The average Bonchev–Trinajstić information content (AvgIpc) is 4.35. The highest BCUT2D eigenvalue weighted by Crippen LogP contribution is 2.58. The summed E-state index contributed by atoms with van der Waals surface area (Å²) in [6.07, 6.45) is 15.1. The third-order valence-electron chi connectivity index (χ3n) is 19.4. The van der Waals surface area contributed by atoms with Crippen molar-refractivity contribution in [2.24, 2.45) is 0 Å². The normalized spacial score (nSPS) is 18.0. The van der Waals surface area contributed by atoms with Gasteiger partial charge in [-0.25, -0.2) is 0 Å². The van der Waals surface area contributed by atoms with Crippen LogP contribution in [0.25, 0.3) is 56.0 Å². The molecule has 0 atom stereocenters. The molecule has 6 aliphatic rings. The fourth-order valence-corrected chi connectivity index (χ4v) is 27.2. The Balaban J connectivity index is 0.716. The monoisotopic (exact) mass is 996 g/mol. The van der Waals surface area contributed by atoms with Gasteiger partial charge < -0.3 is 9.80 Å². The molecule has 2 nitrogen and oxygen atoms in total. The molecule has 1 saturated carbocycles. The summed E-state index contributed by atoms with van der Waals surface area (Å²) in [5.41, 5.74) is 19.2. The molecule has 4 heterocycles. The van der Waals surface area contributed by atoms with Gasteiger partial charge in [0.1, 0.15) is 16.1 Å². The zero-order valence-corrected chi connectivity index (χ0v) is 44.7. The molecule has 3 spiro atoms. The molecule has 0 radical (unpaired) electrons. The van der Waals surface area contributed by atoms with Crippen molar-refractivity contribution in [3.05, 3.63) is 229 Å². The van der Waals surface area contributed by atoms with E-state index in [-0.39, 0.29) is 5.41 Å². The van der Waals surface area contributed by atoms with Crippen LogP contribution in [0, 0.1) is 0 Å². The first-order valence-corrected chi connectivity index (χ1v) is 33.0. The summed E-state index contributed by atoms with van der Waals surface area (Å²) in [4.78, 5) is 5.18. The molecule has 10 aromatic rings. The summed E-state index contributed by atoms with van der Waals surface area (Å²) in [5, 5.41) is 11.6. The van der Waals surface area contributed by atoms with Gasteiger partial charge in [0.2, 0.25) is 0 Å². The van der Waals surface area contributed by atoms with E-state index >= 15 is 0 Å². The highest BCUT2D eigenvalue weighted by atomic mass is 28.3. The number of rotatable bonds is 5. The predicted octanol–water partition coefficient (Wildman–Crippen LogP) is 17.0. The van der Waals surface area contributed by atoms with Crippen molar-refractivity contribution >= 4 is 105 Å². The number of anilines is 6. The highest BCUT2D eigenvalue weighted by molar-refractivity contribution is 7.05. The summed E-state index contributed by atoms with van der Waals surface area (Å²) in [5.74, 6) is 0. The van der Waals surface area contributed by atoms with Gasteiger partial charge in [-0.1, -0.05) is 202 Å². The minimum atomic E-state index is -1.80. The Morgan fingerprint density at radius 3 is 1.43 bits per heavy atom. The quantitative estimate of drug-likeness (QED) is 0.125. The first kappa shape index (κ1) is 43.9. The van der Waals surface area contributed by atoms with E-state index in [4.69, 9.17) is 0 Å². The van der Waals surface area contributed by atoms with E-state index in [9.17, 15) is 0 Å². The summed E-state index contributed by atoms with van der Waals surface area (Å²) in [7, 11) is -3.57. The molecule has 75 heavy (non-hydrogen) atoms. The Morgan fingerprint density at radius 1 is 0.360 bits per heavy atom. The van der Waals surface area contributed by atoms with Gasteiger partial charge in [0, 0.05) is 39.5 Å². The fourth-order valence-electron chi connectivity index (χ4n) is 16.1. The molecule has 362 valence electrons. The smallest absolute Gasteiger partial charge is 0.123 e. The number of fused-ring (bicyclic) bond motifs is 15. The van der Waals surface area contributed by atoms with E-state index in [0.29, 0.717) is 0 Å². The molecule has 4 aliphatic heterocycles. The second kappa shape index (κ2) is 16.7. The van der Waals surface area contributed by atoms with Gasteiger partial charge in [-0.15, -0.1) is 0 Å². The zero-order chi connectivity index (χ0) is 49.3. The highest BCUT2D eigenvalue weighted by Gasteiger charge is 2.50. The van der Waals surface area contributed by atoms with Crippen molar-refractivity contribution in [2.75, 3.05) is 9.80 Å². The SMILES string of the molecule is C(=Cc1ccc(-c2ccc3cc(N4c5ccccc5[Si]5(CCCC5)c5ccccc54)ccc3c2)c2ccccc12)c1ccc2c(c1)C1(CCCC1)c1cc(N3c4ccccc4[Si]4(CCCC4)c4ccccc43)ccc1-2. The topological polar surface area (TPSA) is 6.48 Å². The van der Waals surface area contributed by atoms with Gasteiger partial charge >= 0.3 is 0 Å². The third-order valence-corrected chi connectivity index (χ3v) is 30.1. The van der Waals surface area contributed by atoms with E-state index in [1.54, 1.807) is 20.7 Å². The third kappa shape index (κ3) is 6.36. The molecular weight excluding hydrogens is 937 g/mol. The van der Waals surface area contributed by atoms with Gasteiger partial charge in [-0.3, -0.25) is 0 Å². The number of hydrogen-bond donors (Lipinski definition) is 0. The van der Waals surface area contributed by atoms with Crippen LogP contribution in [0.3, 0.4) is 0 Å². The second-order valence-corrected chi connectivity index (χ2v) is 31.5. The van der Waals surface area contributed by atoms with E-state index in [0.717, 1.165) is 0 Å². The van der Waals surface area contributed by atoms with Crippen LogP contribution in [0.4, 0.5) is 34.1 Å². The summed E-state index contributed by atoms with van der Waals surface area (Å²) in [6.45, 7) is 0. The zero-order valence-electron chi connectivity index (χ0n) is 42.7. The van der Waals surface area contributed by atoms with Crippen molar-refractivity contribution in [2.45, 2.75) is 81.0 Å².